The van der Waals surface area contributed by atoms with E-state index in [-0.39, 0.29) is 11.8 Å². The molecule has 1 aliphatic rings. The molecule has 0 bridgehead atoms. The van der Waals surface area contributed by atoms with Gasteiger partial charge in [0.2, 0.25) is 5.91 Å². The molecule has 2 aromatic carbocycles. The van der Waals surface area contributed by atoms with Gasteiger partial charge in [-0.2, -0.15) is 10.1 Å². The quantitative estimate of drug-likeness (QED) is 0.422. The van der Waals surface area contributed by atoms with Crippen molar-refractivity contribution < 1.29 is 4.79 Å². The summed E-state index contributed by atoms with van der Waals surface area (Å²) in [6.07, 6.45) is 1.87. The van der Waals surface area contributed by atoms with Crippen LogP contribution >= 0.6 is 22.9 Å². The number of rotatable bonds is 5. The number of anilines is 1. The lowest BCUT2D eigenvalue weighted by molar-refractivity contribution is -0.125. The highest BCUT2D eigenvalue weighted by Crippen LogP contribution is 2.34. The predicted molar refractivity (Wildman–Crippen MR) is 134 cm³/mol. The van der Waals surface area contributed by atoms with Gasteiger partial charge in [-0.15, -0.1) is 0 Å². The fourth-order valence-corrected chi connectivity index (χ4v) is 5.49. The lowest BCUT2D eigenvalue weighted by Gasteiger charge is -2.31. The number of halogens is 1. The molecule has 3 heterocycles. The maximum absolute atomic E-state index is 12.9. The highest BCUT2D eigenvalue weighted by Gasteiger charge is 2.28. The Balaban J connectivity index is 1.32. The minimum absolute atomic E-state index is 0.0376. The lowest BCUT2D eigenvalue weighted by Crippen LogP contribution is -2.43. The molecule has 4 aromatic rings. The third-order valence-corrected chi connectivity index (χ3v) is 7.53. The summed E-state index contributed by atoms with van der Waals surface area (Å²) >= 11 is 7.70. The van der Waals surface area contributed by atoms with Crippen molar-refractivity contribution in [1.82, 2.24) is 20.1 Å². The zero-order valence-electron chi connectivity index (χ0n) is 18.7. The van der Waals surface area contributed by atoms with Crippen LogP contribution in [0.5, 0.6) is 0 Å². The van der Waals surface area contributed by atoms with Gasteiger partial charge < -0.3 is 10.2 Å². The van der Waals surface area contributed by atoms with Crippen LogP contribution in [0.1, 0.15) is 29.7 Å². The molecular weight excluding hydrogens is 454 g/mol. The zero-order chi connectivity index (χ0) is 22.9. The molecule has 0 unspecified atom stereocenters. The molecule has 2 aromatic heterocycles. The molecule has 0 spiro atoms. The monoisotopic (exact) mass is 479 g/mol. The normalized spacial score (nSPS) is 16.3. The molecule has 1 fully saturated rings. The average molecular weight is 480 g/mol. The molecule has 1 saturated heterocycles. The Labute approximate surface area is 202 Å². The van der Waals surface area contributed by atoms with E-state index in [9.17, 15) is 4.79 Å². The summed E-state index contributed by atoms with van der Waals surface area (Å²) in [7, 11) is 0. The molecule has 1 N–H and O–H groups in total. The summed E-state index contributed by atoms with van der Waals surface area (Å²) in [4.78, 5) is 20.1. The molecular formula is C25H26ClN5OS. The van der Waals surface area contributed by atoms with Crippen LogP contribution in [0.3, 0.4) is 0 Å². The number of aromatic nitrogens is 3. The molecule has 6 nitrogen and oxygen atoms in total. The summed E-state index contributed by atoms with van der Waals surface area (Å²) in [5.74, 6) is 0.0790. The van der Waals surface area contributed by atoms with E-state index < -0.39 is 0 Å². The van der Waals surface area contributed by atoms with Gasteiger partial charge in [-0.25, -0.2) is 4.68 Å². The molecule has 1 aliphatic heterocycles. The number of hydrogen-bond acceptors (Lipinski definition) is 5. The van der Waals surface area contributed by atoms with Gasteiger partial charge in [0.25, 0.3) is 0 Å². The van der Waals surface area contributed by atoms with Crippen molar-refractivity contribution in [3.8, 4) is 5.69 Å². The van der Waals surface area contributed by atoms with Crippen molar-refractivity contribution in [2.24, 2.45) is 5.92 Å². The number of carbonyl (C=O) groups is 1. The van der Waals surface area contributed by atoms with Gasteiger partial charge in [-0.05, 0) is 56.5 Å². The Morgan fingerprint density at radius 3 is 2.82 bits per heavy atom. The third kappa shape index (κ3) is 4.61. The van der Waals surface area contributed by atoms with E-state index in [0.717, 1.165) is 51.8 Å². The van der Waals surface area contributed by atoms with E-state index in [4.69, 9.17) is 16.6 Å². The highest BCUT2D eigenvalue weighted by molar-refractivity contribution is 7.22. The van der Waals surface area contributed by atoms with Gasteiger partial charge in [0, 0.05) is 24.7 Å². The Morgan fingerprint density at radius 1 is 1.21 bits per heavy atom. The third-order valence-electron chi connectivity index (χ3n) is 6.06. The van der Waals surface area contributed by atoms with Gasteiger partial charge in [0.1, 0.15) is 0 Å². The lowest BCUT2D eigenvalue weighted by atomic mass is 9.97. The SMILES string of the molecule is Cc1cccc(CNC(=O)[C@@H]2CCCN(c3nc4c(s3)c(C)nn4-c3ccc(Cl)cc3)C2)c1. The zero-order valence-corrected chi connectivity index (χ0v) is 20.3. The van der Waals surface area contributed by atoms with Crippen LogP contribution in [0.2, 0.25) is 5.02 Å². The first-order valence-corrected chi connectivity index (χ1v) is 12.4. The van der Waals surface area contributed by atoms with Crippen LogP contribution in [0.4, 0.5) is 5.13 Å². The van der Waals surface area contributed by atoms with Crippen molar-refractivity contribution in [2.75, 3.05) is 18.0 Å². The Kier molecular flexibility index (Phi) is 6.08. The first kappa shape index (κ1) is 21.9. The number of fused-ring (bicyclic) bond motifs is 1. The van der Waals surface area contributed by atoms with Crippen molar-refractivity contribution in [1.29, 1.82) is 0 Å². The first-order chi connectivity index (χ1) is 16.0. The average Bonchev–Trinajstić information content (AvgIpc) is 3.39. The van der Waals surface area contributed by atoms with E-state index >= 15 is 0 Å². The van der Waals surface area contributed by atoms with Gasteiger partial charge in [-0.1, -0.05) is 52.8 Å². The van der Waals surface area contributed by atoms with Crippen LogP contribution in [0.25, 0.3) is 16.0 Å². The molecule has 1 amide bonds. The van der Waals surface area contributed by atoms with E-state index in [1.807, 2.05) is 48.0 Å². The molecule has 0 aliphatic carbocycles. The summed E-state index contributed by atoms with van der Waals surface area (Å²) in [5.41, 5.74) is 5.06. The van der Waals surface area contributed by atoms with Crippen LogP contribution in [-0.4, -0.2) is 33.8 Å². The van der Waals surface area contributed by atoms with Crippen molar-refractivity contribution in [3.63, 3.8) is 0 Å². The van der Waals surface area contributed by atoms with Gasteiger partial charge in [0.05, 0.1) is 22.0 Å². The number of hydrogen-bond donors (Lipinski definition) is 1. The Hall–Kier alpha value is -2.90. The van der Waals surface area contributed by atoms with Crippen LogP contribution in [-0.2, 0) is 11.3 Å². The number of nitrogens with one attached hydrogen (secondary N) is 1. The van der Waals surface area contributed by atoms with E-state index in [0.29, 0.717) is 18.1 Å². The number of thiazole rings is 1. The van der Waals surface area contributed by atoms with Crippen LogP contribution in [0, 0.1) is 19.8 Å². The van der Waals surface area contributed by atoms with E-state index in [2.05, 4.69) is 34.4 Å². The molecule has 0 saturated carbocycles. The Morgan fingerprint density at radius 2 is 2.03 bits per heavy atom. The second-order valence-corrected chi connectivity index (χ2v) is 10.0. The summed E-state index contributed by atoms with van der Waals surface area (Å²) in [6, 6.07) is 15.9. The van der Waals surface area contributed by atoms with E-state index in [1.54, 1.807) is 11.3 Å². The fourth-order valence-electron chi connectivity index (χ4n) is 4.34. The second kappa shape index (κ2) is 9.15. The van der Waals surface area contributed by atoms with Crippen LogP contribution in [0.15, 0.2) is 48.5 Å². The van der Waals surface area contributed by atoms with Gasteiger partial charge in [0.15, 0.2) is 10.8 Å². The van der Waals surface area contributed by atoms with Gasteiger partial charge >= 0.3 is 0 Å². The molecule has 170 valence electrons. The summed E-state index contributed by atoms with van der Waals surface area (Å²) < 4.78 is 2.95. The number of benzene rings is 2. The van der Waals surface area contributed by atoms with Crippen molar-refractivity contribution in [3.05, 3.63) is 70.4 Å². The Bertz CT molecular complexity index is 1300. The number of nitrogens with zero attached hydrogens (tertiary/aromatic N) is 4. The molecule has 33 heavy (non-hydrogen) atoms. The number of amides is 1. The first-order valence-electron chi connectivity index (χ1n) is 11.2. The maximum atomic E-state index is 12.9. The topological polar surface area (TPSA) is 63.1 Å². The summed E-state index contributed by atoms with van der Waals surface area (Å²) in [5, 5.41) is 9.44. The predicted octanol–water partition coefficient (Wildman–Crippen LogP) is 5.29. The smallest absolute Gasteiger partial charge is 0.225 e. The number of carbonyl (C=O) groups excluding carboxylic acids is 1. The van der Waals surface area contributed by atoms with Gasteiger partial charge in [-0.3, -0.25) is 4.79 Å². The van der Waals surface area contributed by atoms with Crippen LogP contribution < -0.4 is 10.2 Å². The van der Waals surface area contributed by atoms with Crippen molar-refractivity contribution >= 4 is 44.3 Å². The summed E-state index contributed by atoms with van der Waals surface area (Å²) in [6.45, 7) is 6.23. The molecule has 0 radical (unpaired) electrons. The highest BCUT2D eigenvalue weighted by atomic mass is 35.5. The molecule has 5 rings (SSSR count). The second-order valence-electron chi connectivity index (χ2n) is 8.61. The minimum atomic E-state index is -0.0376. The number of piperidine rings is 1. The largest absolute Gasteiger partial charge is 0.352 e. The fraction of sp³-hybridized carbons (Fsp3) is 0.320. The van der Waals surface area contributed by atoms with E-state index in [1.165, 1.54) is 5.56 Å². The minimum Gasteiger partial charge on any atom is -0.352 e. The molecule has 1 atom stereocenters. The standard InChI is InChI=1S/C25H26ClN5OS/c1-16-5-3-6-18(13-16)14-27-24(32)19-7-4-12-30(15-19)25-28-23-22(33-25)17(2)29-31(23)21-10-8-20(26)9-11-21/h3,5-6,8-11,13,19H,4,7,12,14-15H2,1-2H3,(H,27,32)/t19-/m1/s1. The molecule has 8 heteroatoms. The maximum Gasteiger partial charge on any atom is 0.225 e. The van der Waals surface area contributed by atoms with Crippen molar-refractivity contribution in [2.45, 2.75) is 33.2 Å². The number of aryl methyl sites for hydroxylation is 2.